The lowest BCUT2D eigenvalue weighted by Crippen LogP contribution is -2.52. The molecular weight excluding hydrogens is 210 g/mol. The normalized spacial score (nSPS) is 35.1. The molecule has 2 fully saturated rings. The van der Waals surface area contributed by atoms with E-state index in [1.165, 1.54) is 38.5 Å². The van der Waals surface area contributed by atoms with E-state index in [1.54, 1.807) is 0 Å². The Morgan fingerprint density at radius 3 is 2.41 bits per heavy atom. The van der Waals surface area contributed by atoms with Crippen molar-refractivity contribution in [3.63, 3.8) is 0 Å². The van der Waals surface area contributed by atoms with Crippen molar-refractivity contribution in [3.8, 4) is 6.07 Å². The Balaban J connectivity index is 1.99. The molecule has 96 valence electrons. The highest BCUT2D eigenvalue weighted by molar-refractivity contribution is 5.10. The van der Waals surface area contributed by atoms with Gasteiger partial charge >= 0.3 is 0 Å². The van der Waals surface area contributed by atoms with Gasteiger partial charge in [-0.15, -0.1) is 0 Å². The van der Waals surface area contributed by atoms with Crippen molar-refractivity contribution in [2.45, 2.75) is 69.0 Å². The predicted octanol–water partition coefficient (Wildman–Crippen LogP) is 2.29. The second kappa shape index (κ2) is 5.37. The highest BCUT2D eigenvalue weighted by atomic mass is 15.2. The summed E-state index contributed by atoms with van der Waals surface area (Å²) in [6.07, 6.45) is 9.92. The Bertz CT molecular complexity index is 290. The molecule has 2 aliphatic carbocycles. The molecule has 17 heavy (non-hydrogen) atoms. The molecule has 3 nitrogen and oxygen atoms in total. The van der Waals surface area contributed by atoms with Crippen LogP contribution < -0.4 is 5.32 Å². The topological polar surface area (TPSA) is 39.1 Å². The number of hydrogen-bond donors (Lipinski definition) is 1. The van der Waals surface area contributed by atoms with Gasteiger partial charge < -0.3 is 10.2 Å². The van der Waals surface area contributed by atoms with E-state index in [0.717, 1.165) is 18.9 Å². The maximum absolute atomic E-state index is 9.38. The van der Waals surface area contributed by atoms with Crippen LogP contribution >= 0.6 is 0 Å². The first-order chi connectivity index (χ1) is 8.21. The van der Waals surface area contributed by atoms with Crippen molar-refractivity contribution in [1.29, 1.82) is 5.26 Å². The van der Waals surface area contributed by atoms with Crippen LogP contribution in [0.3, 0.4) is 0 Å². The SMILES string of the molecule is CNC1(C#N)CCCC(N(C)C2CCCC2)C1. The second-order valence-electron chi connectivity index (χ2n) is 5.80. The molecule has 2 rings (SSSR count). The smallest absolute Gasteiger partial charge is 0.108 e. The van der Waals surface area contributed by atoms with Gasteiger partial charge in [0, 0.05) is 12.1 Å². The van der Waals surface area contributed by atoms with Crippen molar-refractivity contribution < 1.29 is 0 Å². The molecule has 0 amide bonds. The van der Waals surface area contributed by atoms with Crippen LogP contribution in [0.25, 0.3) is 0 Å². The van der Waals surface area contributed by atoms with Crippen LogP contribution in [-0.4, -0.2) is 36.6 Å². The quantitative estimate of drug-likeness (QED) is 0.815. The molecule has 0 aliphatic heterocycles. The van der Waals surface area contributed by atoms with Gasteiger partial charge in [0.25, 0.3) is 0 Å². The molecule has 2 unspecified atom stereocenters. The molecular formula is C14H25N3. The van der Waals surface area contributed by atoms with Crippen molar-refractivity contribution in [1.82, 2.24) is 10.2 Å². The van der Waals surface area contributed by atoms with Crippen LogP contribution in [0, 0.1) is 11.3 Å². The fraction of sp³-hybridized carbons (Fsp3) is 0.929. The van der Waals surface area contributed by atoms with Gasteiger partial charge in [-0.2, -0.15) is 5.26 Å². The van der Waals surface area contributed by atoms with Gasteiger partial charge in [0.2, 0.25) is 0 Å². The molecule has 0 heterocycles. The van der Waals surface area contributed by atoms with E-state index < -0.39 is 0 Å². The number of nitrogens with zero attached hydrogens (tertiary/aromatic N) is 2. The molecule has 2 aliphatic rings. The van der Waals surface area contributed by atoms with E-state index in [9.17, 15) is 5.26 Å². The van der Waals surface area contributed by atoms with E-state index in [0.29, 0.717) is 6.04 Å². The van der Waals surface area contributed by atoms with Crippen LogP contribution in [0.15, 0.2) is 0 Å². The maximum atomic E-state index is 9.38. The number of nitriles is 1. The van der Waals surface area contributed by atoms with E-state index in [4.69, 9.17) is 0 Å². The second-order valence-corrected chi connectivity index (χ2v) is 5.80. The zero-order valence-corrected chi connectivity index (χ0v) is 11.2. The van der Waals surface area contributed by atoms with E-state index in [1.807, 2.05) is 7.05 Å². The fourth-order valence-corrected chi connectivity index (χ4v) is 3.59. The average molecular weight is 235 g/mol. The Morgan fingerprint density at radius 1 is 1.18 bits per heavy atom. The molecule has 0 aromatic rings. The Labute approximate surface area is 105 Å². The van der Waals surface area contributed by atoms with E-state index in [-0.39, 0.29) is 5.54 Å². The summed E-state index contributed by atoms with van der Waals surface area (Å²) >= 11 is 0. The lowest BCUT2D eigenvalue weighted by Gasteiger charge is -2.42. The molecule has 0 bridgehead atoms. The van der Waals surface area contributed by atoms with Crippen molar-refractivity contribution in [2.75, 3.05) is 14.1 Å². The largest absolute Gasteiger partial charge is 0.302 e. The van der Waals surface area contributed by atoms with Crippen molar-refractivity contribution in [3.05, 3.63) is 0 Å². The predicted molar refractivity (Wildman–Crippen MR) is 69.7 cm³/mol. The van der Waals surface area contributed by atoms with Gasteiger partial charge in [-0.25, -0.2) is 0 Å². The zero-order valence-electron chi connectivity index (χ0n) is 11.2. The van der Waals surface area contributed by atoms with Gasteiger partial charge in [-0.1, -0.05) is 12.8 Å². The lowest BCUT2D eigenvalue weighted by molar-refractivity contribution is 0.110. The van der Waals surface area contributed by atoms with Crippen molar-refractivity contribution in [2.24, 2.45) is 0 Å². The Hall–Kier alpha value is -0.590. The minimum atomic E-state index is -0.268. The molecule has 2 saturated carbocycles. The molecule has 0 aromatic carbocycles. The first-order valence-corrected chi connectivity index (χ1v) is 7.03. The minimum absolute atomic E-state index is 0.268. The summed E-state index contributed by atoms with van der Waals surface area (Å²) in [5.41, 5.74) is -0.268. The van der Waals surface area contributed by atoms with Gasteiger partial charge in [0.15, 0.2) is 0 Å². The molecule has 3 heteroatoms. The van der Waals surface area contributed by atoms with Crippen LogP contribution in [0.4, 0.5) is 0 Å². The summed E-state index contributed by atoms with van der Waals surface area (Å²) in [6, 6.07) is 3.87. The first-order valence-electron chi connectivity index (χ1n) is 7.03. The summed E-state index contributed by atoms with van der Waals surface area (Å²) in [7, 11) is 4.20. The summed E-state index contributed by atoms with van der Waals surface area (Å²) in [5.74, 6) is 0. The van der Waals surface area contributed by atoms with Crippen molar-refractivity contribution >= 4 is 0 Å². The monoisotopic (exact) mass is 235 g/mol. The molecule has 0 radical (unpaired) electrons. The summed E-state index contributed by atoms with van der Waals surface area (Å²) in [6.45, 7) is 0. The molecule has 2 atom stereocenters. The van der Waals surface area contributed by atoms with Gasteiger partial charge in [0.1, 0.15) is 5.54 Å². The highest BCUT2D eigenvalue weighted by Gasteiger charge is 2.38. The molecule has 0 spiro atoms. The van der Waals surface area contributed by atoms with Crippen LogP contribution in [0.5, 0.6) is 0 Å². The summed E-state index contributed by atoms with van der Waals surface area (Å²) in [5, 5.41) is 12.6. The summed E-state index contributed by atoms with van der Waals surface area (Å²) in [4.78, 5) is 2.57. The minimum Gasteiger partial charge on any atom is -0.302 e. The third-order valence-corrected chi connectivity index (χ3v) is 4.89. The number of nitrogens with one attached hydrogen (secondary N) is 1. The maximum Gasteiger partial charge on any atom is 0.108 e. The third-order valence-electron chi connectivity index (χ3n) is 4.89. The van der Waals surface area contributed by atoms with Gasteiger partial charge in [-0.3, -0.25) is 0 Å². The fourth-order valence-electron chi connectivity index (χ4n) is 3.59. The standard InChI is InChI=1S/C14H25N3/c1-16-14(11-15)9-5-8-13(10-14)17(2)12-6-3-4-7-12/h12-13,16H,3-10H2,1-2H3. The zero-order chi connectivity index (χ0) is 12.3. The lowest BCUT2D eigenvalue weighted by atomic mass is 9.79. The van der Waals surface area contributed by atoms with Crippen LogP contribution in [-0.2, 0) is 0 Å². The van der Waals surface area contributed by atoms with Gasteiger partial charge in [0.05, 0.1) is 6.07 Å². The Kier molecular flexibility index (Phi) is 4.06. The van der Waals surface area contributed by atoms with Crippen LogP contribution in [0.2, 0.25) is 0 Å². The molecule has 1 N–H and O–H groups in total. The summed E-state index contributed by atoms with van der Waals surface area (Å²) < 4.78 is 0. The third kappa shape index (κ3) is 2.64. The van der Waals surface area contributed by atoms with E-state index >= 15 is 0 Å². The van der Waals surface area contributed by atoms with E-state index in [2.05, 4.69) is 23.3 Å². The first kappa shape index (κ1) is 12.9. The molecule has 0 saturated heterocycles. The average Bonchev–Trinajstić information content (AvgIpc) is 2.91. The van der Waals surface area contributed by atoms with Gasteiger partial charge in [-0.05, 0) is 52.6 Å². The number of hydrogen-bond acceptors (Lipinski definition) is 3. The highest BCUT2D eigenvalue weighted by Crippen LogP contribution is 2.33. The number of rotatable bonds is 3. The Morgan fingerprint density at radius 2 is 1.82 bits per heavy atom. The van der Waals surface area contributed by atoms with Crippen LogP contribution in [0.1, 0.15) is 51.4 Å². The molecule has 0 aromatic heterocycles.